The maximum Gasteiger partial charge on any atom is 0.338 e. The second kappa shape index (κ2) is 7.49. The van der Waals surface area contributed by atoms with Gasteiger partial charge < -0.3 is 15.2 Å². The summed E-state index contributed by atoms with van der Waals surface area (Å²) < 4.78 is 4.71. The molecule has 0 bridgehead atoms. The molecule has 0 aliphatic heterocycles. The van der Waals surface area contributed by atoms with Gasteiger partial charge in [-0.25, -0.2) is 9.59 Å². The molecule has 3 N–H and O–H groups in total. The van der Waals surface area contributed by atoms with Gasteiger partial charge in [0.15, 0.2) is 0 Å². The van der Waals surface area contributed by atoms with Crippen molar-refractivity contribution < 1.29 is 24.2 Å². The summed E-state index contributed by atoms with van der Waals surface area (Å²) in [6.07, 6.45) is 0.0660. The van der Waals surface area contributed by atoms with E-state index in [1.807, 2.05) is 0 Å². The molecule has 1 heterocycles. The van der Waals surface area contributed by atoms with Gasteiger partial charge in [-0.1, -0.05) is 0 Å². The number of amides is 2. The van der Waals surface area contributed by atoms with Gasteiger partial charge in [0.1, 0.15) is 5.00 Å². The third-order valence-electron chi connectivity index (χ3n) is 2.34. The summed E-state index contributed by atoms with van der Waals surface area (Å²) >= 11 is 1.14. The van der Waals surface area contributed by atoms with E-state index in [1.54, 1.807) is 19.2 Å². The van der Waals surface area contributed by atoms with Crippen molar-refractivity contribution in [3.8, 4) is 0 Å². The lowest BCUT2D eigenvalue weighted by atomic mass is 10.2. The van der Waals surface area contributed by atoms with Crippen LogP contribution in [-0.4, -0.2) is 36.2 Å². The molecule has 0 aliphatic rings. The Bertz CT molecular complexity index is 512. The highest BCUT2D eigenvalue weighted by atomic mass is 32.1. The summed E-state index contributed by atoms with van der Waals surface area (Å²) in [6, 6.07) is -0.557. The molecule has 0 unspecified atom stereocenters. The number of nitrogens with one attached hydrogen (secondary N) is 2. The maximum absolute atomic E-state index is 11.6. The SMILES string of the molecule is CCOC(=O)CCNC(=O)Nc1scc(C)c1C(=O)O. The summed E-state index contributed by atoms with van der Waals surface area (Å²) in [6.45, 7) is 3.77. The van der Waals surface area contributed by atoms with Crippen molar-refractivity contribution in [1.82, 2.24) is 5.32 Å². The lowest BCUT2D eigenvalue weighted by molar-refractivity contribution is -0.142. The molecular formula is C12H16N2O5S. The van der Waals surface area contributed by atoms with Crippen LogP contribution in [0.2, 0.25) is 0 Å². The zero-order chi connectivity index (χ0) is 15.1. The quantitative estimate of drug-likeness (QED) is 0.695. The topological polar surface area (TPSA) is 105 Å². The van der Waals surface area contributed by atoms with Crippen LogP contribution in [0.4, 0.5) is 9.80 Å². The fourth-order valence-corrected chi connectivity index (χ4v) is 2.39. The minimum absolute atomic E-state index is 0.0660. The molecule has 8 heteroatoms. The number of hydrogen-bond donors (Lipinski definition) is 3. The second-order valence-corrected chi connectivity index (χ2v) is 4.74. The molecule has 1 aromatic heterocycles. The summed E-state index contributed by atoms with van der Waals surface area (Å²) in [7, 11) is 0. The number of rotatable bonds is 6. The molecule has 0 aromatic carbocycles. The minimum Gasteiger partial charge on any atom is -0.478 e. The number of carboxylic acid groups (broad SMARTS) is 1. The number of anilines is 1. The zero-order valence-corrected chi connectivity index (χ0v) is 12.0. The highest BCUT2D eigenvalue weighted by Crippen LogP contribution is 2.27. The summed E-state index contributed by atoms with van der Waals surface area (Å²) in [5, 5.41) is 15.9. The fraction of sp³-hybridized carbons (Fsp3) is 0.417. The number of thiophene rings is 1. The molecule has 0 saturated carbocycles. The van der Waals surface area contributed by atoms with E-state index >= 15 is 0 Å². The van der Waals surface area contributed by atoms with E-state index in [4.69, 9.17) is 9.84 Å². The van der Waals surface area contributed by atoms with Crippen LogP contribution in [0.3, 0.4) is 0 Å². The first-order chi connectivity index (χ1) is 9.45. The summed E-state index contributed by atoms with van der Waals surface area (Å²) in [4.78, 5) is 33.7. The first-order valence-electron chi connectivity index (χ1n) is 5.97. The van der Waals surface area contributed by atoms with Crippen LogP contribution in [0.5, 0.6) is 0 Å². The Kier molecular flexibility index (Phi) is 5.98. The molecule has 0 aliphatic carbocycles. The number of urea groups is 1. The van der Waals surface area contributed by atoms with Gasteiger partial charge in [0.05, 0.1) is 18.6 Å². The van der Waals surface area contributed by atoms with Crippen molar-refractivity contribution in [2.24, 2.45) is 0 Å². The van der Waals surface area contributed by atoms with E-state index in [0.717, 1.165) is 11.3 Å². The maximum atomic E-state index is 11.6. The van der Waals surface area contributed by atoms with Gasteiger partial charge in [0.25, 0.3) is 0 Å². The first kappa shape index (κ1) is 16.0. The van der Waals surface area contributed by atoms with Crippen LogP contribution >= 0.6 is 11.3 Å². The molecule has 0 fully saturated rings. The Hall–Kier alpha value is -2.09. The van der Waals surface area contributed by atoms with Crippen molar-refractivity contribution >= 4 is 34.3 Å². The predicted molar refractivity (Wildman–Crippen MR) is 74.3 cm³/mol. The van der Waals surface area contributed by atoms with Gasteiger partial charge in [0, 0.05) is 6.54 Å². The van der Waals surface area contributed by atoms with E-state index in [2.05, 4.69) is 10.6 Å². The minimum atomic E-state index is -1.09. The van der Waals surface area contributed by atoms with Crippen LogP contribution in [0.15, 0.2) is 5.38 Å². The Labute approximate surface area is 119 Å². The lowest BCUT2D eigenvalue weighted by Gasteiger charge is -2.07. The number of aryl methyl sites for hydroxylation is 1. The molecule has 2 amide bonds. The van der Waals surface area contributed by atoms with E-state index in [-0.39, 0.29) is 23.5 Å². The van der Waals surface area contributed by atoms with E-state index in [0.29, 0.717) is 12.2 Å². The molecule has 110 valence electrons. The van der Waals surface area contributed by atoms with Crippen LogP contribution in [-0.2, 0) is 9.53 Å². The van der Waals surface area contributed by atoms with Gasteiger partial charge in [0.2, 0.25) is 0 Å². The summed E-state index contributed by atoms with van der Waals surface area (Å²) in [5.74, 6) is -1.49. The van der Waals surface area contributed by atoms with Gasteiger partial charge in [-0.3, -0.25) is 10.1 Å². The second-order valence-electron chi connectivity index (χ2n) is 3.86. The first-order valence-corrected chi connectivity index (χ1v) is 6.85. The smallest absolute Gasteiger partial charge is 0.338 e. The van der Waals surface area contributed by atoms with E-state index < -0.39 is 18.0 Å². The molecule has 1 rings (SSSR count). The Balaban J connectivity index is 2.47. The standard InChI is InChI=1S/C12H16N2O5S/c1-3-19-8(15)4-5-13-12(18)14-10-9(11(16)17)7(2)6-20-10/h6H,3-5H2,1-2H3,(H,16,17)(H2,13,14,18). The number of carbonyl (C=O) groups excluding carboxylic acids is 2. The van der Waals surface area contributed by atoms with Gasteiger partial charge in [-0.2, -0.15) is 0 Å². The van der Waals surface area contributed by atoms with Gasteiger partial charge >= 0.3 is 18.0 Å². The third kappa shape index (κ3) is 4.54. The number of carboxylic acids is 1. The molecule has 0 spiro atoms. The van der Waals surface area contributed by atoms with Crippen LogP contribution < -0.4 is 10.6 Å². The van der Waals surface area contributed by atoms with Crippen LogP contribution in [0.25, 0.3) is 0 Å². The van der Waals surface area contributed by atoms with Crippen molar-refractivity contribution in [2.45, 2.75) is 20.3 Å². The van der Waals surface area contributed by atoms with Crippen molar-refractivity contribution in [3.63, 3.8) is 0 Å². The lowest BCUT2D eigenvalue weighted by Crippen LogP contribution is -2.31. The largest absolute Gasteiger partial charge is 0.478 e. The average molecular weight is 300 g/mol. The van der Waals surface area contributed by atoms with E-state index in [1.165, 1.54) is 0 Å². The van der Waals surface area contributed by atoms with Crippen molar-refractivity contribution in [1.29, 1.82) is 0 Å². The predicted octanol–water partition coefficient (Wildman–Crippen LogP) is 1.83. The highest BCUT2D eigenvalue weighted by Gasteiger charge is 2.17. The number of esters is 1. The molecular weight excluding hydrogens is 284 g/mol. The molecule has 20 heavy (non-hydrogen) atoms. The normalized spacial score (nSPS) is 9.90. The fourth-order valence-electron chi connectivity index (χ4n) is 1.46. The van der Waals surface area contributed by atoms with Crippen LogP contribution in [0.1, 0.15) is 29.3 Å². The van der Waals surface area contributed by atoms with Gasteiger partial charge in [-0.05, 0) is 24.8 Å². The Morgan fingerprint density at radius 1 is 1.40 bits per heavy atom. The van der Waals surface area contributed by atoms with Crippen LogP contribution in [0, 0.1) is 6.92 Å². The van der Waals surface area contributed by atoms with Crippen molar-refractivity contribution in [2.75, 3.05) is 18.5 Å². The molecule has 0 radical (unpaired) electrons. The third-order valence-corrected chi connectivity index (χ3v) is 3.35. The average Bonchev–Trinajstić information content (AvgIpc) is 2.70. The highest BCUT2D eigenvalue weighted by molar-refractivity contribution is 7.15. The molecule has 1 aromatic rings. The summed E-state index contributed by atoms with van der Waals surface area (Å²) in [5.41, 5.74) is 0.667. The monoisotopic (exact) mass is 300 g/mol. The number of hydrogen-bond acceptors (Lipinski definition) is 5. The molecule has 7 nitrogen and oxygen atoms in total. The number of ether oxygens (including phenoxy) is 1. The number of aromatic carboxylic acids is 1. The zero-order valence-electron chi connectivity index (χ0n) is 11.2. The molecule has 0 saturated heterocycles. The van der Waals surface area contributed by atoms with Gasteiger partial charge in [-0.15, -0.1) is 11.3 Å². The molecule has 0 atom stereocenters. The van der Waals surface area contributed by atoms with E-state index in [9.17, 15) is 14.4 Å². The Morgan fingerprint density at radius 3 is 2.70 bits per heavy atom. The van der Waals surface area contributed by atoms with Crippen molar-refractivity contribution in [3.05, 3.63) is 16.5 Å². The number of carbonyl (C=O) groups is 3. The Morgan fingerprint density at radius 2 is 2.10 bits per heavy atom.